The molecule has 0 aliphatic carbocycles. The Kier molecular flexibility index (Phi) is 7.17. The van der Waals surface area contributed by atoms with E-state index in [9.17, 15) is 9.59 Å². The third kappa shape index (κ3) is 5.62. The summed E-state index contributed by atoms with van der Waals surface area (Å²) in [6.07, 6.45) is 1.74. The molecule has 0 bridgehead atoms. The van der Waals surface area contributed by atoms with Gasteiger partial charge < -0.3 is 5.32 Å². The number of hydrogen-bond donors (Lipinski definition) is 1. The number of carbonyl (C=O) groups excluding carboxylic acids is 2. The Hall–Kier alpha value is -2.25. The van der Waals surface area contributed by atoms with Gasteiger partial charge in [0, 0.05) is 38.6 Å². The van der Waals surface area contributed by atoms with Crippen LogP contribution in [0.3, 0.4) is 0 Å². The lowest BCUT2D eigenvalue weighted by Crippen LogP contribution is -2.52. The highest BCUT2D eigenvalue weighted by Gasteiger charge is 2.25. The first-order chi connectivity index (χ1) is 13.5. The molecule has 2 heterocycles. The van der Waals surface area contributed by atoms with Crippen molar-refractivity contribution in [2.24, 2.45) is 5.10 Å². The van der Waals surface area contributed by atoms with Crippen molar-refractivity contribution >= 4 is 17.5 Å². The summed E-state index contributed by atoms with van der Waals surface area (Å²) in [4.78, 5) is 28.9. The number of benzene rings is 1. The van der Waals surface area contributed by atoms with Crippen LogP contribution in [0.4, 0.5) is 0 Å². The van der Waals surface area contributed by atoms with Gasteiger partial charge in [0.2, 0.25) is 5.91 Å². The van der Waals surface area contributed by atoms with Gasteiger partial charge in [0.1, 0.15) is 0 Å². The van der Waals surface area contributed by atoms with Crippen LogP contribution in [-0.2, 0) is 9.59 Å². The van der Waals surface area contributed by atoms with Crippen LogP contribution < -0.4 is 5.32 Å². The van der Waals surface area contributed by atoms with Crippen molar-refractivity contribution in [3.05, 3.63) is 35.9 Å². The number of carbonyl (C=O) groups is 2. The fraction of sp³-hybridized carbons (Fsp3) is 0.571. The van der Waals surface area contributed by atoms with E-state index in [1.54, 1.807) is 5.01 Å². The van der Waals surface area contributed by atoms with Crippen LogP contribution in [0.5, 0.6) is 0 Å². The van der Waals surface area contributed by atoms with Crippen molar-refractivity contribution in [1.82, 2.24) is 20.1 Å². The third-order valence-electron chi connectivity index (χ3n) is 5.41. The first-order valence-corrected chi connectivity index (χ1v) is 10.2. The molecule has 0 saturated carbocycles. The number of amides is 2. The molecule has 3 rings (SSSR count). The Bertz CT molecular complexity index is 698. The van der Waals surface area contributed by atoms with Crippen LogP contribution >= 0.6 is 0 Å². The molecule has 152 valence electrons. The summed E-state index contributed by atoms with van der Waals surface area (Å²) in [6.45, 7) is 8.76. The lowest BCUT2D eigenvalue weighted by Gasteiger charge is -2.34. The fourth-order valence-corrected chi connectivity index (χ4v) is 3.47. The standard InChI is InChI=1S/C21H31N5O2/c1-3-17(2)22-20(27)15-24-11-13-25(14-12-24)16-21(28)26-10-9-19(23-26)18-7-5-4-6-8-18/h4-8,17H,3,9-16H2,1-2H3,(H,22,27). The number of nitrogens with one attached hydrogen (secondary N) is 1. The van der Waals surface area contributed by atoms with Crippen LogP contribution in [0.2, 0.25) is 0 Å². The van der Waals surface area contributed by atoms with Gasteiger partial charge in [0.05, 0.1) is 25.3 Å². The Balaban J connectivity index is 1.42. The second kappa shape index (κ2) is 9.80. The quantitative estimate of drug-likeness (QED) is 0.765. The molecule has 0 aromatic heterocycles. The number of nitrogens with zero attached hydrogens (tertiary/aromatic N) is 4. The van der Waals surface area contributed by atoms with Gasteiger partial charge in [-0.3, -0.25) is 19.4 Å². The molecule has 7 heteroatoms. The number of rotatable bonds is 7. The summed E-state index contributed by atoms with van der Waals surface area (Å²) in [5.74, 6) is 0.132. The average Bonchev–Trinajstić information content (AvgIpc) is 3.20. The molecule has 1 fully saturated rings. The Labute approximate surface area is 167 Å². The summed E-state index contributed by atoms with van der Waals surface area (Å²) in [6, 6.07) is 10.2. The number of hydrazone groups is 1. The van der Waals surface area contributed by atoms with E-state index >= 15 is 0 Å². The van der Waals surface area contributed by atoms with Gasteiger partial charge in [-0.2, -0.15) is 5.10 Å². The smallest absolute Gasteiger partial charge is 0.256 e. The summed E-state index contributed by atoms with van der Waals surface area (Å²) in [7, 11) is 0. The van der Waals surface area contributed by atoms with Crippen LogP contribution in [0, 0.1) is 0 Å². The molecule has 0 radical (unpaired) electrons. The van der Waals surface area contributed by atoms with Crippen molar-refractivity contribution < 1.29 is 9.59 Å². The molecule has 2 aliphatic heterocycles. The maximum atomic E-state index is 12.6. The van der Waals surface area contributed by atoms with Gasteiger partial charge in [-0.15, -0.1) is 0 Å². The van der Waals surface area contributed by atoms with E-state index in [0.717, 1.165) is 50.3 Å². The van der Waals surface area contributed by atoms with Gasteiger partial charge in [-0.25, -0.2) is 5.01 Å². The van der Waals surface area contributed by atoms with E-state index in [2.05, 4.69) is 27.1 Å². The topological polar surface area (TPSA) is 68.2 Å². The Morgan fingerprint density at radius 2 is 1.68 bits per heavy atom. The highest BCUT2D eigenvalue weighted by atomic mass is 16.2. The highest BCUT2D eigenvalue weighted by molar-refractivity contribution is 6.02. The Morgan fingerprint density at radius 3 is 2.32 bits per heavy atom. The van der Waals surface area contributed by atoms with E-state index in [0.29, 0.717) is 19.6 Å². The zero-order valence-electron chi connectivity index (χ0n) is 16.9. The predicted octanol–water partition coefficient (Wildman–Crippen LogP) is 1.16. The molecule has 28 heavy (non-hydrogen) atoms. The van der Waals surface area contributed by atoms with E-state index in [1.807, 2.05) is 37.3 Å². The van der Waals surface area contributed by atoms with Gasteiger partial charge in [-0.1, -0.05) is 37.3 Å². The van der Waals surface area contributed by atoms with Crippen LogP contribution in [0.25, 0.3) is 0 Å². The van der Waals surface area contributed by atoms with Gasteiger partial charge >= 0.3 is 0 Å². The molecule has 1 saturated heterocycles. The first-order valence-electron chi connectivity index (χ1n) is 10.2. The van der Waals surface area contributed by atoms with Crippen molar-refractivity contribution in [2.45, 2.75) is 32.7 Å². The minimum absolute atomic E-state index is 0.0499. The molecule has 1 aromatic carbocycles. The minimum atomic E-state index is 0.0499. The predicted molar refractivity (Wildman–Crippen MR) is 110 cm³/mol. The van der Waals surface area contributed by atoms with Crippen LogP contribution in [0.15, 0.2) is 35.4 Å². The van der Waals surface area contributed by atoms with Crippen molar-refractivity contribution in [3.63, 3.8) is 0 Å². The molecule has 1 aromatic rings. The van der Waals surface area contributed by atoms with Gasteiger partial charge in [0.25, 0.3) is 5.91 Å². The Morgan fingerprint density at radius 1 is 1.04 bits per heavy atom. The maximum absolute atomic E-state index is 12.6. The molecule has 2 aliphatic rings. The molecule has 1 unspecified atom stereocenters. The SMILES string of the molecule is CCC(C)NC(=O)CN1CCN(CC(=O)N2CCC(c3ccccc3)=N2)CC1. The fourth-order valence-electron chi connectivity index (χ4n) is 3.47. The summed E-state index contributed by atoms with van der Waals surface area (Å²) < 4.78 is 0. The van der Waals surface area contributed by atoms with E-state index in [-0.39, 0.29) is 17.9 Å². The third-order valence-corrected chi connectivity index (χ3v) is 5.41. The second-order valence-electron chi connectivity index (χ2n) is 7.61. The number of hydrogen-bond acceptors (Lipinski definition) is 5. The second-order valence-corrected chi connectivity index (χ2v) is 7.61. The summed E-state index contributed by atoms with van der Waals surface area (Å²) >= 11 is 0. The minimum Gasteiger partial charge on any atom is -0.353 e. The lowest BCUT2D eigenvalue weighted by molar-refractivity contribution is -0.132. The molecule has 0 spiro atoms. The normalized spacial score (nSPS) is 19.4. The number of piperazine rings is 1. The maximum Gasteiger partial charge on any atom is 0.256 e. The van der Waals surface area contributed by atoms with E-state index in [1.165, 1.54) is 0 Å². The van der Waals surface area contributed by atoms with Crippen molar-refractivity contribution in [2.75, 3.05) is 45.8 Å². The molecule has 1 atom stereocenters. The van der Waals surface area contributed by atoms with E-state index in [4.69, 9.17) is 0 Å². The van der Waals surface area contributed by atoms with Crippen molar-refractivity contribution in [1.29, 1.82) is 0 Å². The van der Waals surface area contributed by atoms with Crippen molar-refractivity contribution in [3.8, 4) is 0 Å². The van der Waals surface area contributed by atoms with Gasteiger partial charge in [-0.05, 0) is 18.9 Å². The monoisotopic (exact) mass is 385 g/mol. The van der Waals surface area contributed by atoms with E-state index < -0.39 is 0 Å². The zero-order valence-corrected chi connectivity index (χ0v) is 16.9. The molecular weight excluding hydrogens is 354 g/mol. The summed E-state index contributed by atoms with van der Waals surface area (Å²) in [5, 5.41) is 9.13. The summed E-state index contributed by atoms with van der Waals surface area (Å²) in [5.41, 5.74) is 2.06. The van der Waals surface area contributed by atoms with Crippen LogP contribution in [-0.4, -0.2) is 84.2 Å². The van der Waals surface area contributed by atoms with Crippen LogP contribution in [0.1, 0.15) is 32.3 Å². The molecule has 1 N–H and O–H groups in total. The molecule has 7 nitrogen and oxygen atoms in total. The first kappa shape index (κ1) is 20.5. The molecule has 2 amide bonds. The molecular formula is C21H31N5O2. The average molecular weight is 386 g/mol. The largest absolute Gasteiger partial charge is 0.353 e. The highest BCUT2D eigenvalue weighted by Crippen LogP contribution is 2.14. The lowest BCUT2D eigenvalue weighted by atomic mass is 10.1. The van der Waals surface area contributed by atoms with Gasteiger partial charge in [0.15, 0.2) is 0 Å². The zero-order chi connectivity index (χ0) is 19.9.